The first-order valence-electron chi connectivity index (χ1n) is 8.24. The molecular weight excluding hydrogens is 268 g/mol. The van der Waals surface area contributed by atoms with Gasteiger partial charge >= 0.3 is 12.0 Å². The SMILES string of the molecule is CCCCCC(C)NC(=O)N1CCC(CC)(C(=O)O)CC1. The van der Waals surface area contributed by atoms with Crippen LogP contribution < -0.4 is 5.32 Å². The Hall–Kier alpha value is -1.26. The van der Waals surface area contributed by atoms with Gasteiger partial charge in [0.2, 0.25) is 0 Å². The lowest BCUT2D eigenvalue weighted by atomic mass is 9.76. The number of hydrogen-bond donors (Lipinski definition) is 2. The first kappa shape index (κ1) is 17.8. The van der Waals surface area contributed by atoms with Crippen molar-refractivity contribution in [2.45, 2.75) is 71.8 Å². The highest BCUT2D eigenvalue weighted by atomic mass is 16.4. The summed E-state index contributed by atoms with van der Waals surface area (Å²) in [6.45, 7) is 7.19. The number of carboxylic acid groups (broad SMARTS) is 1. The van der Waals surface area contributed by atoms with Crippen LogP contribution in [0.25, 0.3) is 0 Å². The Kier molecular flexibility index (Phi) is 6.99. The van der Waals surface area contributed by atoms with E-state index in [0.29, 0.717) is 32.4 Å². The van der Waals surface area contributed by atoms with Gasteiger partial charge in [0.25, 0.3) is 0 Å². The van der Waals surface area contributed by atoms with Crippen LogP contribution in [0.5, 0.6) is 0 Å². The lowest BCUT2D eigenvalue weighted by molar-refractivity contribution is -0.151. The number of amides is 2. The summed E-state index contributed by atoms with van der Waals surface area (Å²) in [5, 5.41) is 12.4. The Bertz CT molecular complexity index is 349. The minimum absolute atomic E-state index is 0.0471. The number of unbranched alkanes of at least 4 members (excludes halogenated alkanes) is 2. The number of nitrogens with one attached hydrogen (secondary N) is 1. The third kappa shape index (κ3) is 4.90. The number of nitrogens with zero attached hydrogens (tertiary/aromatic N) is 1. The van der Waals surface area contributed by atoms with E-state index in [2.05, 4.69) is 12.2 Å². The molecule has 2 amide bonds. The van der Waals surface area contributed by atoms with Crippen LogP contribution in [0.4, 0.5) is 4.79 Å². The Balaban J connectivity index is 2.39. The second-order valence-electron chi connectivity index (χ2n) is 6.27. The number of carbonyl (C=O) groups excluding carboxylic acids is 1. The zero-order chi connectivity index (χ0) is 15.9. The van der Waals surface area contributed by atoms with E-state index in [1.165, 1.54) is 12.8 Å². The summed E-state index contributed by atoms with van der Waals surface area (Å²) in [6, 6.07) is 0.135. The predicted molar refractivity (Wildman–Crippen MR) is 83.3 cm³/mol. The molecule has 0 aromatic rings. The van der Waals surface area contributed by atoms with Gasteiger partial charge in [0.1, 0.15) is 0 Å². The number of hydrogen-bond acceptors (Lipinski definition) is 2. The van der Waals surface area contributed by atoms with Crippen molar-refractivity contribution < 1.29 is 14.7 Å². The van der Waals surface area contributed by atoms with Crippen molar-refractivity contribution in [2.24, 2.45) is 5.41 Å². The summed E-state index contributed by atoms with van der Waals surface area (Å²) < 4.78 is 0. The molecule has 0 radical (unpaired) electrons. The van der Waals surface area contributed by atoms with Gasteiger partial charge in [-0.25, -0.2) is 4.79 Å². The minimum atomic E-state index is -0.724. The van der Waals surface area contributed by atoms with Crippen LogP contribution in [0.3, 0.4) is 0 Å². The van der Waals surface area contributed by atoms with Crippen LogP contribution in [-0.4, -0.2) is 41.1 Å². The maximum absolute atomic E-state index is 12.2. The Morgan fingerprint density at radius 1 is 1.24 bits per heavy atom. The van der Waals surface area contributed by atoms with Gasteiger partial charge in [-0.15, -0.1) is 0 Å². The molecule has 1 rings (SSSR count). The van der Waals surface area contributed by atoms with Gasteiger partial charge in [-0.2, -0.15) is 0 Å². The third-order valence-electron chi connectivity index (χ3n) is 4.75. The molecule has 1 unspecified atom stereocenters. The zero-order valence-electron chi connectivity index (χ0n) is 13.7. The first-order valence-corrected chi connectivity index (χ1v) is 8.24. The molecule has 5 heteroatoms. The average molecular weight is 298 g/mol. The molecule has 0 aromatic heterocycles. The maximum atomic E-state index is 12.2. The van der Waals surface area contributed by atoms with Crippen molar-refractivity contribution in [3.63, 3.8) is 0 Å². The van der Waals surface area contributed by atoms with Crippen molar-refractivity contribution in [2.75, 3.05) is 13.1 Å². The van der Waals surface area contributed by atoms with E-state index in [0.717, 1.165) is 12.8 Å². The van der Waals surface area contributed by atoms with Gasteiger partial charge in [0.05, 0.1) is 5.41 Å². The van der Waals surface area contributed by atoms with E-state index in [1.54, 1.807) is 4.90 Å². The van der Waals surface area contributed by atoms with Crippen molar-refractivity contribution in [3.8, 4) is 0 Å². The number of piperidine rings is 1. The fourth-order valence-electron chi connectivity index (χ4n) is 2.93. The van der Waals surface area contributed by atoms with E-state index in [-0.39, 0.29) is 12.1 Å². The molecular formula is C16H30N2O3. The lowest BCUT2D eigenvalue weighted by Crippen LogP contribution is -2.51. The highest BCUT2D eigenvalue weighted by Gasteiger charge is 2.40. The summed E-state index contributed by atoms with van der Waals surface area (Å²) >= 11 is 0. The molecule has 0 spiro atoms. The minimum Gasteiger partial charge on any atom is -0.481 e. The largest absolute Gasteiger partial charge is 0.481 e. The van der Waals surface area contributed by atoms with E-state index in [9.17, 15) is 14.7 Å². The molecule has 1 fully saturated rings. The molecule has 0 bridgehead atoms. The summed E-state index contributed by atoms with van der Waals surface area (Å²) in [5.74, 6) is -0.724. The Morgan fingerprint density at radius 3 is 2.33 bits per heavy atom. The van der Waals surface area contributed by atoms with Gasteiger partial charge in [-0.05, 0) is 32.6 Å². The van der Waals surface area contributed by atoms with Crippen LogP contribution in [-0.2, 0) is 4.79 Å². The van der Waals surface area contributed by atoms with Crippen LogP contribution >= 0.6 is 0 Å². The van der Waals surface area contributed by atoms with Crippen LogP contribution in [0.15, 0.2) is 0 Å². The van der Waals surface area contributed by atoms with E-state index in [1.807, 2.05) is 13.8 Å². The molecule has 1 aliphatic rings. The summed E-state index contributed by atoms with van der Waals surface area (Å²) in [6.07, 6.45) is 6.25. The molecule has 0 aromatic carbocycles. The molecule has 0 aliphatic carbocycles. The molecule has 21 heavy (non-hydrogen) atoms. The topological polar surface area (TPSA) is 69.6 Å². The number of rotatable bonds is 7. The average Bonchev–Trinajstić information content (AvgIpc) is 2.47. The zero-order valence-corrected chi connectivity index (χ0v) is 13.7. The van der Waals surface area contributed by atoms with Crippen LogP contribution in [0.1, 0.15) is 65.7 Å². The molecule has 5 nitrogen and oxygen atoms in total. The fraction of sp³-hybridized carbons (Fsp3) is 0.875. The standard InChI is InChI=1S/C16H30N2O3/c1-4-6-7-8-13(3)17-15(21)18-11-9-16(5-2,10-12-18)14(19)20/h13H,4-12H2,1-3H3,(H,17,21)(H,19,20). The van der Waals surface area contributed by atoms with Gasteiger partial charge in [-0.1, -0.05) is 33.1 Å². The van der Waals surface area contributed by atoms with Gasteiger partial charge in [0, 0.05) is 19.1 Å². The summed E-state index contributed by atoms with van der Waals surface area (Å²) in [5.41, 5.74) is -0.635. The molecule has 1 atom stereocenters. The Morgan fingerprint density at radius 2 is 1.86 bits per heavy atom. The fourth-order valence-corrected chi connectivity index (χ4v) is 2.93. The normalized spacial score (nSPS) is 19.1. The van der Waals surface area contributed by atoms with Gasteiger partial charge in [-0.3, -0.25) is 4.79 Å². The quantitative estimate of drug-likeness (QED) is 0.709. The second kappa shape index (κ2) is 8.25. The van der Waals surface area contributed by atoms with Crippen molar-refractivity contribution in [1.29, 1.82) is 0 Å². The molecule has 2 N–H and O–H groups in total. The van der Waals surface area contributed by atoms with Crippen LogP contribution in [0.2, 0.25) is 0 Å². The highest BCUT2D eigenvalue weighted by Crippen LogP contribution is 2.35. The van der Waals surface area contributed by atoms with E-state index >= 15 is 0 Å². The predicted octanol–water partition coefficient (Wildman–Crippen LogP) is 3.24. The number of carbonyl (C=O) groups is 2. The lowest BCUT2D eigenvalue weighted by Gasteiger charge is -2.38. The smallest absolute Gasteiger partial charge is 0.317 e. The Labute approximate surface area is 128 Å². The first-order chi connectivity index (χ1) is 9.95. The van der Waals surface area contributed by atoms with Crippen molar-refractivity contribution >= 4 is 12.0 Å². The molecule has 1 heterocycles. The van der Waals surface area contributed by atoms with E-state index < -0.39 is 11.4 Å². The number of likely N-dealkylation sites (tertiary alicyclic amines) is 1. The monoisotopic (exact) mass is 298 g/mol. The van der Waals surface area contributed by atoms with E-state index in [4.69, 9.17) is 0 Å². The van der Waals surface area contributed by atoms with Crippen molar-refractivity contribution in [1.82, 2.24) is 10.2 Å². The van der Waals surface area contributed by atoms with Crippen molar-refractivity contribution in [3.05, 3.63) is 0 Å². The summed E-state index contributed by atoms with van der Waals surface area (Å²) in [7, 11) is 0. The molecule has 1 aliphatic heterocycles. The maximum Gasteiger partial charge on any atom is 0.317 e. The number of carboxylic acids is 1. The number of aliphatic carboxylic acids is 1. The van der Waals surface area contributed by atoms with Gasteiger partial charge < -0.3 is 15.3 Å². The molecule has 1 saturated heterocycles. The highest BCUT2D eigenvalue weighted by molar-refractivity contribution is 5.77. The molecule has 0 saturated carbocycles. The second-order valence-corrected chi connectivity index (χ2v) is 6.27. The molecule has 122 valence electrons. The number of urea groups is 1. The van der Waals surface area contributed by atoms with Crippen LogP contribution in [0, 0.1) is 5.41 Å². The summed E-state index contributed by atoms with van der Waals surface area (Å²) in [4.78, 5) is 25.3. The third-order valence-corrected chi connectivity index (χ3v) is 4.75. The van der Waals surface area contributed by atoms with Gasteiger partial charge in [0.15, 0.2) is 0 Å².